The molecule has 0 bridgehead atoms. The second-order valence-electron chi connectivity index (χ2n) is 2.80. The molecule has 82 valence electrons. The normalized spacial score (nSPS) is 10.5. The second kappa shape index (κ2) is 4.82. The van der Waals surface area contributed by atoms with Crippen molar-refractivity contribution in [1.82, 2.24) is 4.98 Å². The van der Waals surface area contributed by atoms with Gasteiger partial charge in [-0.25, -0.2) is 18.6 Å². The van der Waals surface area contributed by atoms with Gasteiger partial charge in [0, 0.05) is 0 Å². The number of ether oxygens (including phenoxy) is 1. The smallest absolute Gasteiger partial charge is 0.338 e. The maximum Gasteiger partial charge on any atom is 0.338 e. The number of aromatic nitrogens is 1. The summed E-state index contributed by atoms with van der Waals surface area (Å²) < 4.78 is 29.9. The number of nitrogens with zero attached hydrogens (tertiary/aromatic N) is 1. The van der Waals surface area contributed by atoms with Crippen molar-refractivity contribution < 1.29 is 18.3 Å². The Morgan fingerprint density at radius 1 is 1.60 bits per heavy atom. The van der Waals surface area contributed by atoms with E-state index in [4.69, 9.17) is 0 Å². The summed E-state index contributed by atoms with van der Waals surface area (Å²) in [5.41, 5.74) is -0.0771. The lowest BCUT2D eigenvalue weighted by Gasteiger charge is -2.09. The van der Waals surface area contributed by atoms with E-state index < -0.39 is 12.4 Å². The Bertz CT molecular complexity index is 396. The van der Waals surface area contributed by atoms with E-state index in [1.165, 1.54) is 20.1 Å². The molecule has 0 saturated heterocycles. The fourth-order valence-electron chi connectivity index (χ4n) is 1.13. The zero-order valence-corrected chi connectivity index (χ0v) is 10.2. The van der Waals surface area contributed by atoms with Crippen molar-refractivity contribution in [1.29, 1.82) is 0 Å². The lowest BCUT2D eigenvalue weighted by atomic mass is 10.1. The Labute approximate surface area is 99.0 Å². The summed E-state index contributed by atoms with van der Waals surface area (Å²) in [6.45, 7) is 1.43. The van der Waals surface area contributed by atoms with Gasteiger partial charge >= 0.3 is 5.97 Å². The molecule has 1 rings (SSSR count). The predicted octanol–water partition coefficient (Wildman–Crippen LogP) is 2.72. The summed E-state index contributed by atoms with van der Waals surface area (Å²) in [7, 11) is 1.21. The number of halogens is 3. The van der Waals surface area contributed by atoms with Crippen LogP contribution in [0.1, 0.15) is 28.0 Å². The molecule has 0 N–H and O–H groups in total. The van der Waals surface area contributed by atoms with Crippen LogP contribution < -0.4 is 0 Å². The summed E-state index contributed by atoms with van der Waals surface area (Å²) >= 11 is 1.78. The predicted molar refractivity (Wildman–Crippen MR) is 58.0 cm³/mol. The number of carbonyl (C=O) groups excluding carboxylic acids is 1. The maximum atomic E-state index is 12.5. The molecule has 0 fully saturated rings. The van der Waals surface area contributed by atoms with Crippen LogP contribution in [0.5, 0.6) is 0 Å². The number of alkyl halides is 2. The van der Waals surface area contributed by atoms with Crippen LogP contribution in [0.15, 0.2) is 6.07 Å². The van der Waals surface area contributed by atoms with Gasteiger partial charge in [-0.3, -0.25) is 0 Å². The molecule has 0 aliphatic carbocycles. The van der Waals surface area contributed by atoms with Crippen molar-refractivity contribution in [3.05, 3.63) is 26.6 Å². The van der Waals surface area contributed by atoms with Gasteiger partial charge in [-0.15, -0.1) is 0 Å². The van der Waals surface area contributed by atoms with Crippen LogP contribution in [0.2, 0.25) is 0 Å². The number of esters is 1. The largest absolute Gasteiger partial charge is 0.465 e. The summed E-state index contributed by atoms with van der Waals surface area (Å²) in [6, 6.07) is 1.42. The zero-order chi connectivity index (χ0) is 11.6. The first kappa shape index (κ1) is 12.3. The first-order valence-corrected chi connectivity index (χ1v) is 5.08. The van der Waals surface area contributed by atoms with Gasteiger partial charge < -0.3 is 4.74 Å². The summed E-state index contributed by atoms with van der Waals surface area (Å²) in [4.78, 5) is 14.9. The fraction of sp³-hybridized carbons (Fsp3) is 0.333. The molecule has 1 aromatic heterocycles. The van der Waals surface area contributed by atoms with Crippen LogP contribution in [0, 0.1) is 10.6 Å². The van der Waals surface area contributed by atoms with Crippen LogP contribution in [-0.4, -0.2) is 18.1 Å². The number of pyridine rings is 1. The van der Waals surface area contributed by atoms with E-state index in [0.29, 0.717) is 3.70 Å². The SMILES string of the molecule is COC(=O)c1cc(I)nc(C(F)F)c1C. The number of hydrogen-bond donors (Lipinski definition) is 0. The summed E-state index contributed by atoms with van der Waals surface area (Å²) in [5.74, 6) is -0.630. The molecule has 0 aliphatic rings. The highest BCUT2D eigenvalue weighted by Gasteiger charge is 2.20. The molecule has 3 nitrogen and oxygen atoms in total. The average molecular weight is 327 g/mol. The zero-order valence-electron chi connectivity index (χ0n) is 8.05. The van der Waals surface area contributed by atoms with E-state index in [2.05, 4.69) is 9.72 Å². The van der Waals surface area contributed by atoms with E-state index in [9.17, 15) is 13.6 Å². The van der Waals surface area contributed by atoms with Crippen molar-refractivity contribution in [3.63, 3.8) is 0 Å². The molecule has 0 aromatic carbocycles. The molecule has 0 spiro atoms. The van der Waals surface area contributed by atoms with Gasteiger partial charge in [-0.1, -0.05) is 0 Å². The molecule has 6 heteroatoms. The lowest BCUT2D eigenvalue weighted by molar-refractivity contribution is 0.0599. The van der Waals surface area contributed by atoms with E-state index >= 15 is 0 Å². The number of carbonyl (C=O) groups is 1. The molecule has 1 heterocycles. The Kier molecular flexibility index (Phi) is 3.95. The third-order valence-corrected chi connectivity index (χ3v) is 2.44. The number of methoxy groups -OCH3 is 1. The molecule has 0 aliphatic heterocycles. The topological polar surface area (TPSA) is 39.2 Å². The van der Waals surface area contributed by atoms with Crippen LogP contribution in [0.3, 0.4) is 0 Å². The van der Waals surface area contributed by atoms with Crippen molar-refractivity contribution >= 4 is 28.6 Å². The summed E-state index contributed by atoms with van der Waals surface area (Å²) in [6.07, 6.45) is -2.69. The molecule has 0 radical (unpaired) electrons. The molecular weight excluding hydrogens is 319 g/mol. The third-order valence-electron chi connectivity index (χ3n) is 1.89. The van der Waals surface area contributed by atoms with Crippen LogP contribution in [0.25, 0.3) is 0 Å². The van der Waals surface area contributed by atoms with Crippen molar-refractivity contribution in [2.45, 2.75) is 13.3 Å². The van der Waals surface area contributed by atoms with Crippen molar-refractivity contribution in [3.8, 4) is 0 Å². The van der Waals surface area contributed by atoms with E-state index in [1.54, 1.807) is 22.6 Å². The minimum atomic E-state index is -2.69. The fourth-order valence-corrected chi connectivity index (χ4v) is 1.70. The van der Waals surface area contributed by atoms with Gasteiger partial charge in [0.15, 0.2) is 0 Å². The van der Waals surface area contributed by atoms with Gasteiger partial charge in [0.2, 0.25) is 0 Å². The summed E-state index contributed by atoms with van der Waals surface area (Å²) in [5, 5.41) is 0. The van der Waals surface area contributed by atoms with Crippen LogP contribution >= 0.6 is 22.6 Å². The first-order valence-electron chi connectivity index (χ1n) is 4.01. The van der Waals surface area contributed by atoms with Crippen LogP contribution in [-0.2, 0) is 4.74 Å². The van der Waals surface area contributed by atoms with E-state index in [-0.39, 0.29) is 16.8 Å². The van der Waals surface area contributed by atoms with Gasteiger partial charge in [-0.2, -0.15) is 0 Å². The van der Waals surface area contributed by atoms with Gasteiger partial charge in [0.25, 0.3) is 6.43 Å². The van der Waals surface area contributed by atoms with Crippen LogP contribution in [0.4, 0.5) is 8.78 Å². The minimum absolute atomic E-state index is 0.132. The maximum absolute atomic E-state index is 12.5. The highest BCUT2D eigenvalue weighted by molar-refractivity contribution is 14.1. The monoisotopic (exact) mass is 327 g/mol. The molecule has 0 saturated carbocycles. The third kappa shape index (κ3) is 2.61. The van der Waals surface area contributed by atoms with Gasteiger partial charge in [0.05, 0.1) is 12.7 Å². The molecule has 0 unspecified atom stereocenters. The molecule has 1 aromatic rings. The number of hydrogen-bond acceptors (Lipinski definition) is 3. The first-order chi connectivity index (χ1) is 6.97. The Hall–Kier alpha value is -0.790. The van der Waals surface area contributed by atoms with Gasteiger partial charge in [-0.05, 0) is 41.1 Å². The van der Waals surface area contributed by atoms with Gasteiger partial charge in [0.1, 0.15) is 9.39 Å². The molecule has 0 amide bonds. The number of rotatable bonds is 2. The molecule has 15 heavy (non-hydrogen) atoms. The van der Waals surface area contributed by atoms with E-state index in [1.807, 2.05) is 0 Å². The Morgan fingerprint density at radius 2 is 2.20 bits per heavy atom. The lowest BCUT2D eigenvalue weighted by Crippen LogP contribution is -2.09. The Morgan fingerprint density at radius 3 is 2.67 bits per heavy atom. The standard InChI is InChI=1S/C9H8F2INO2/c1-4-5(9(14)15-2)3-6(12)13-7(4)8(10)11/h3,8H,1-2H3. The minimum Gasteiger partial charge on any atom is -0.465 e. The Balaban J connectivity index is 3.34. The van der Waals surface area contributed by atoms with Crippen molar-refractivity contribution in [2.24, 2.45) is 0 Å². The van der Waals surface area contributed by atoms with E-state index in [0.717, 1.165) is 0 Å². The molecular formula is C9H8F2INO2. The average Bonchev–Trinajstić information content (AvgIpc) is 2.19. The quantitative estimate of drug-likeness (QED) is 0.476. The van der Waals surface area contributed by atoms with Crippen molar-refractivity contribution in [2.75, 3.05) is 7.11 Å². The highest BCUT2D eigenvalue weighted by atomic mass is 127. The highest BCUT2D eigenvalue weighted by Crippen LogP contribution is 2.24. The second-order valence-corrected chi connectivity index (χ2v) is 3.90. The molecule has 0 atom stereocenters.